The fraction of sp³-hybridized carbons (Fsp3) is 0.833. The number of rotatable bonds is 10. The molecule has 0 aromatic heterocycles. The average Bonchev–Trinajstić information content (AvgIpc) is 2.62. The number of hydrogen-bond donors (Lipinski definition) is 10. The molecule has 12 heteroatoms. The molecule has 12 nitrogen and oxygen atoms in total. The lowest BCUT2D eigenvalue weighted by molar-refractivity contribution is -0.136. The minimum Gasteiger partial charge on any atom is -0.394 e. The van der Waals surface area contributed by atoms with Crippen molar-refractivity contribution in [2.24, 2.45) is 0 Å². The molecular formula is C12H24O12. The van der Waals surface area contributed by atoms with Crippen LogP contribution in [0, 0.1) is 0 Å². The summed E-state index contributed by atoms with van der Waals surface area (Å²) in [5, 5.41) is 87.1. The average molecular weight is 360 g/mol. The molecule has 0 saturated carbocycles. The largest absolute Gasteiger partial charge is 0.394 e. The summed E-state index contributed by atoms with van der Waals surface area (Å²) < 4.78 is 0. The highest BCUT2D eigenvalue weighted by Gasteiger charge is 2.30. The number of aldehydes is 2. The van der Waals surface area contributed by atoms with Crippen LogP contribution in [0.1, 0.15) is 0 Å². The Hall–Kier alpha value is -1.06. The first-order valence-corrected chi connectivity index (χ1v) is 6.65. The van der Waals surface area contributed by atoms with Crippen LogP contribution in [-0.2, 0) is 9.59 Å². The van der Waals surface area contributed by atoms with Crippen LogP contribution in [0.4, 0.5) is 0 Å². The molecule has 0 spiro atoms. The van der Waals surface area contributed by atoms with Gasteiger partial charge in [0.15, 0.2) is 12.6 Å². The Balaban J connectivity index is 0. The molecule has 0 saturated heterocycles. The van der Waals surface area contributed by atoms with Crippen molar-refractivity contribution in [3.8, 4) is 0 Å². The molecule has 10 N–H and O–H groups in total. The van der Waals surface area contributed by atoms with E-state index >= 15 is 0 Å². The molecule has 0 fully saturated rings. The van der Waals surface area contributed by atoms with E-state index in [1.54, 1.807) is 0 Å². The number of carbonyl (C=O) groups is 2. The molecule has 24 heavy (non-hydrogen) atoms. The molecule has 0 radical (unpaired) electrons. The number of aliphatic hydroxyl groups excluding tert-OH is 10. The molecule has 0 bridgehead atoms. The predicted molar refractivity (Wildman–Crippen MR) is 74.4 cm³/mol. The summed E-state index contributed by atoms with van der Waals surface area (Å²) in [4.78, 5) is 19.8. The fourth-order valence-corrected chi connectivity index (χ4v) is 1.24. The summed E-state index contributed by atoms with van der Waals surface area (Å²) >= 11 is 0. The molecular weight excluding hydrogens is 336 g/mol. The molecule has 0 aliphatic rings. The van der Waals surface area contributed by atoms with Crippen LogP contribution < -0.4 is 0 Å². The maximum absolute atomic E-state index is 9.90. The van der Waals surface area contributed by atoms with Crippen molar-refractivity contribution in [2.75, 3.05) is 13.2 Å². The van der Waals surface area contributed by atoms with Gasteiger partial charge in [0.2, 0.25) is 0 Å². The van der Waals surface area contributed by atoms with E-state index in [9.17, 15) is 9.59 Å². The van der Waals surface area contributed by atoms with E-state index < -0.39 is 62.0 Å². The Morgan fingerprint density at radius 3 is 0.958 bits per heavy atom. The van der Waals surface area contributed by atoms with Crippen molar-refractivity contribution < 1.29 is 60.7 Å². The van der Waals surface area contributed by atoms with E-state index in [4.69, 9.17) is 51.1 Å². The summed E-state index contributed by atoms with van der Waals surface area (Å²) in [6.07, 6.45) is -13.7. The molecule has 0 aromatic carbocycles. The van der Waals surface area contributed by atoms with Crippen molar-refractivity contribution in [3.05, 3.63) is 0 Å². The molecule has 0 heterocycles. The first-order valence-electron chi connectivity index (χ1n) is 6.65. The van der Waals surface area contributed by atoms with Crippen LogP contribution in [0.2, 0.25) is 0 Å². The van der Waals surface area contributed by atoms with Gasteiger partial charge in [-0.3, -0.25) is 0 Å². The normalized spacial score (nSPS) is 21.1. The van der Waals surface area contributed by atoms with Gasteiger partial charge in [0.25, 0.3) is 0 Å². The van der Waals surface area contributed by atoms with Crippen LogP contribution in [0.3, 0.4) is 0 Å². The van der Waals surface area contributed by atoms with E-state index in [1.165, 1.54) is 0 Å². The van der Waals surface area contributed by atoms with E-state index in [1.807, 2.05) is 0 Å². The summed E-state index contributed by atoms with van der Waals surface area (Å²) in [6, 6.07) is 0. The van der Waals surface area contributed by atoms with Gasteiger partial charge in [-0.15, -0.1) is 0 Å². The van der Waals surface area contributed by atoms with Gasteiger partial charge >= 0.3 is 0 Å². The quantitative estimate of drug-likeness (QED) is 0.164. The van der Waals surface area contributed by atoms with E-state index in [-0.39, 0.29) is 12.6 Å². The van der Waals surface area contributed by atoms with Gasteiger partial charge in [0.1, 0.15) is 48.8 Å². The van der Waals surface area contributed by atoms with Gasteiger partial charge in [0, 0.05) is 0 Å². The van der Waals surface area contributed by atoms with Gasteiger partial charge in [-0.05, 0) is 0 Å². The summed E-state index contributed by atoms with van der Waals surface area (Å²) in [7, 11) is 0. The van der Waals surface area contributed by atoms with E-state index in [0.717, 1.165) is 0 Å². The van der Waals surface area contributed by atoms with Crippen LogP contribution in [0.5, 0.6) is 0 Å². The summed E-state index contributed by atoms with van der Waals surface area (Å²) in [6.45, 7) is -1.52. The van der Waals surface area contributed by atoms with Crippen molar-refractivity contribution in [1.29, 1.82) is 0 Å². The molecule has 0 unspecified atom stereocenters. The Kier molecular flexibility index (Phi) is 13.9. The highest BCUT2D eigenvalue weighted by molar-refractivity contribution is 5.57. The van der Waals surface area contributed by atoms with Crippen LogP contribution in [0.15, 0.2) is 0 Å². The zero-order valence-corrected chi connectivity index (χ0v) is 12.5. The highest BCUT2D eigenvalue weighted by atomic mass is 16.4. The number of hydrogen-bond acceptors (Lipinski definition) is 12. The van der Waals surface area contributed by atoms with Crippen molar-refractivity contribution in [3.63, 3.8) is 0 Å². The van der Waals surface area contributed by atoms with Crippen LogP contribution >= 0.6 is 0 Å². The number of aliphatic hydroxyl groups is 10. The lowest BCUT2D eigenvalue weighted by Gasteiger charge is -2.22. The second kappa shape index (κ2) is 13.3. The summed E-state index contributed by atoms with van der Waals surface area (Å²) in [5.74, 6) is 0. The van der Waals surface area contributed by atoms with Crippen molar-refractivity contribution >= 4 is 12.6 Å². The van der Waals surface area contributed by atoms with Crippen molar-refractivity contribution in [2.45, 2.75) is 48.8 Å². The fourth-order valence-electron chi connectivity index (χ4n) is 1.24. The first kappa shape index (κ1) is 25.2. The molecule has 8 atom stereocenters. The van der Waals surface area contributed by atoms with Gasteiger partial charge in [0.05, 0.1) is 13.2 Å². The molecule has 0 aromatic rings. The Labute approximate surface area is 136 Å². The monoisotopic (exact) mass is 360 g/mol. The van der Waals surface area contributed by atoms with E-state index in [2.05, 4.69) is 0 Å². The second-order valence-electron chi connectivity index (χ2n) is 4.72. The third kappa shape index (κ3) is 8.70. The van der Waals surface area contributed by atoms with Gasteiger partial charge in [-0.1, -0.05) is 0 Å². The zero-order chi connectivity index (χ0) is 19.4. The van der Waals surface area contributed by atoms with Gasteiger partial charge < -0.3 is 60.7 Å². The minimum absolute atomic E-state index is 0.0258. The Morgan fingerprint density at radius 1 is 0.542 bits per heavy atom. The molecule has 0 amide bonds. The maximum atomic E-state index is 9.90. The second-order valence-corrected chi connectivity index (χ2v) is 4.72. The van der Waals surface area contributed by atoms with Crippen LogP contribution in [-0.4, -0.2) is 126 Å². The zero-order valence-electron chi connectivity index (χ0n) is 12.5. The topological polar surface area (TPSA) is 236 Å². The predicted octanol–water partition coefficient (Wildman–Crippen LogP) is -6.76. The van der Waals surface area contributed by atoms with Crippen molar-refractivity contribution in [1.82, 2.24) is 0 Å². The molecule has 0 aliphatic carbocycles. The Morgan fingerprint density at radius 2 is 0.792 bits per heavy atom. The maximum Gasteiger partial charge on any atom is 0.151 e. The Bertz CT molecular complexity index is 308. The van der Waals surface area contributed by atoms with Crippen LogP contribution in [0.25, 0.3) is 0 Å². The third-order valence-electron chi connectivity index (χ3n) is 2.84. The number of carbonyl (C=O) groups excluding carboxylic acids is 2. The van der Waals surface area contributed by atoms with Gasteiger partial charge in [-0.25, -0.2) is 0 Å². The minimum atomic E-state index is -1.79. The van der Waals surface area contributed by atoms with Gasteiger partial charge in [-0.2, -0.15) is 0 Å². The molecule has 0 aliphatic heterocycles. The summed E-state index contributed by atoms with van der Waals surface area (Å²) in [5.41, 5.74) is 0. The molecule has 0 rings (SSSR count). The van der Waals surface area contributed by atoms with E-state index in [0.29, 0.717) is 0 Å². The molecule has 144 valence electrons. The standard InChI is InChI=1S/2C6H12O6/c2*7-1-3(9)5(11)6(12)4(10)2-8/h2*1,3-6,8-12H,2H2/t3-,4+,5+,6+;3-,4+,5-,6-/m00/s1. The SMILES string of the molecule is O=C[C@H](O)[C@@H](O)[C@H](O)[C@H](O)CO.O=C[C@H](O)[C@H](O)[C@@H](O)[C@H](O)CO. The lowest BCUT2D eigenvalue weighted by Crippen LogP contribution is -2.46. The third-order valence-corrected chi connectivity index (χ3v) is 2.84. The first-order chi connectivity index (χ1) is 11.1. The lowest BCUT2D eigenvalue weighted by atomic mass is 10.0. The smallest absolute Gasteiger partial charge is 0.151 e. The highest BCUT2D eigenvalue weighted by Crippen LogP contribution is 2.03.